The van der Waals surface area contributed by atoms with Crippen molar-refractivity contribution in [3.63, 3.8) is 0 Å². The first-order valence-electron chi connectivity index (χ1n) is 3.75. The predicted molar refractivity (Wildman–Crippen MR) is 49.3 cm³/mol. The van der Waals surface area contributed by atoms with Crippen LogP contribution in [0, 0.1) is 0 Å². The number of nitrogens with two attached hydrogens (primary N) is 1. The number of primary amides is 1. The first-order valence-corrected chi connectivity index (χ1v) is 4.69. The van der Waals surface area contributed by atoms with Crippen molar-refractivity contribution in [2.45, 2.75) is 12.8 Å². The number of aryl methyl sites for hydroxylation is 1. The summed E-state index contributed by atoms with van der Waals surface area (Å²) in [4.78, 5) is 10.5. The van der Waals surface area contributed by atoms with Gasteiger partial charge < -0.3 is 0 Å². The third kappa shape index (κ3) is 2.71. The van der Waals surface area contributed by atoms with Crippen LogP contribution >= 0.6 is 0 Å². The monoisotopic (exact) mass is 223 g/mol. The van der Waals surface area contributed by atoms with Crippen LogP contribution in [0.25, 0.3) is 0 Å². The van der Waals surface area contributed by atoms with E-state index in [9.17, 15) is 4.79 Å². The number of benzene rings is 1. The molecule has 3 heteroatoms. The summed E-state index contributed by atoms with van der Waals surface area (Å²) in [7, 11) is 0. The predicted octanol–water partition coefficient (Wildman–Crippen LogP) is -0.102. The van der Waals surface area contributed by atoms with E-state index in [-0.39, 0.29) is 5.91 Å². The molecular weight excluding hydrogens is 213 g/mol. The van der Waals surface area contributed by atoms with Crippen molar-refractivity contribution < 1.29 is 4.79 Å². The molecule has 2 N–H and O–H groups in total. The fraction of sp³-hybridized carbons (Fsp3) is 0.222. The van der Waals surface area contributed by atoms with Crippen molar-refractivity contribution in [1.82, 2.24) is 0 Å². The molecule has 0 aliphatic rings. The number of amides is 1. The quantitative estimate of drug-likeness (QED) is 0.714. The van der Waals surface area contributed by atoms with Gasteiger partial charge in [-0.15, -0.1) is 0 Å². The summed E-state index contributed by atoms with van der Waals surface area (Å²) in [5.41, 5.74) is 6.22. The second-order valence-electron chi connectivity index (χ2n) is 2.60. The van der Waals surface area contributed by atoms with Crippen molar-refractivity contribution in [2.75, 3.05) is 0 Å². The molecule has 0 bridgehead atoms. The number of carbonyl (C=O) groups excluding carboxylic acids is 1. The minimum atomic E-state index is -0.245. The molecule has 0 spiro atoms. The van der Waals surface area contributed by atoms with E-state index >= 15 is 0 Å². The molecule has 1 rings (SSSR count). The summed E-state index contributed by atoms with van der Waals surface area (Å²) in [6, 6.07) is 7.96. The van der Waals surface area contributed by atoms with Crippen LogP contribution in [0.2, 0.25) is 0 Å². The van der Waals surface area contributed by atoms with Crippen LogP contribution in [0.5, 0.6) is 0 Å². The van der Waals surface area contributed by atoms with Gasteiger partial charge in [-0.25, -0.2) is 0 Å². The van der Waals surface area contributed by atoms with Crippen molar-refractivity contribution in [2.24, 2.45) is 5.73 Å². The molecule has 0 atom stereocenters. The molecule has 0 unspecified atom stereocenters. The molecule has 1 aromatic carbocycles. The Morgan fingerprint density at radius 1 is 1.42 bits per heavy atom. The van der Waals surface area contributed by atoms with Gasteiger partial charge in [0.15, 0.2) is 0 Å². The van der Waals surface area contributed by atoms with E-state index in [1.54, 1.807) is 0 Å². The van der Waals surface area contributed by atoms with Gasteiger partial charge in [-0.2, -0.15) is 0 Å². The zero-order valence-electron chi connectivity index (χ0n) is 6.66. The number of hydrogen-bond acceptors (Lipinski definition) is 1. The summed E-state index contributed by atoms with van der Waals surface area (Å²) >= 11 is 2.49. The maximum atomic E-state index is 10.5. The van der Waals surface area contributed by atoms with Gasteiger partial charge >= 0.3 is 80.3 Å². The van der Waals surface area contributed by atoms with Crippen LogP contribution in [-0.4, -0.2) is 22.8 Å². The third-order valence-electron chi connectivity index (χ3n) is 1.63. The molecule has 0 saturated carbocycles. The number of carbonyl (C=O) groups is 1. The molecule has 0 aromatic heterocycles. The van der Waals surface area contributed by atoms with E-state index in [1.807, 2.05) is 24.3 Å². The first kappa shape index (κ1) is 9.34. The van der Waals surface area contributed by atoms with Crippen molar-refractivity contribution in [3.8, 4) is 0 Å². The SMILES string of the molecule is NC(=O)CCc1ccccc1[As]. The van der Waals surface area contributed by atoms with Crippen molar-refractivity contribution in [3.05, 3.63) is 29.8 Å². The van der Waals surface area contributed by atoms with E-state index in [2.05, 4.69) is 16.9 Å². The molecule has 1 aromatic rings. The number of hydrogen-bond donors (Lipinski definition) is 1. The zero-order chi connectivity index (χ0) is 8.97. The van der Waals surface area contributed by atoms with Gasteiger partial charge in [-0.05, 0) is 0 Å². The molecule has 0 aliphatic carbocycles. The second-order valence-corrected chi connectivity index (χ2v) is 3.61. The normalized spacial score (nSPS) is 9.75. The van der Waals surface area contributed by atoms with Gasteiger partial charge in [0.05, 0.1) is 0 Å². The van der Waals surface area contributed by atoms with Gasteiger partial charge in [-0.1, -0.05) is 0 Å². The third-order valence-corrected chi connectivity index (χ3v) is 2.55. The molecule has 0 saturated heterocycles. The van der Waals surface area contributed by atoms with Crippen LogP contribution in [0.4, 0.5) is 0 Å². The summed E-state index contributed by atoms with van der Waals surface area (Å²) in [5, 5.41) is 0. The Hall–Kier alpha value is -0.752. The van der Waals surface area contributed by atoms with Gasteiger partial charge in [0.25, 0.3) is 0 Å². The fourth-order valence-electron chi connectivity index (χ4n) is 0.980. The molecule has 62 valence electrons. The molecule has 2 radical (unpaired) electrons. The van der Waals surface area contributed by atoms with Crippen LogP contribution in [0.3, 0.4) is 0 Å². The van der Waals surface area contributed by atoms with E-state index in [0.29, 0.717) is 6.42 Å². The molecular formula is C9H10AsNO. The second kappa shape index (κ2) is 4.32. The Bertz CT molecular complexity index is 286. The molecule has 1 amide bonds. The van der Waals surface area contributed by atoms with Crippen molar-refractivity contribution >= 4 is 27.1 Å². The van der Waals surface area contributed by atoms with Gasteiger partial charge in [-0.3, -0.25) is 0 Å². The zero-order valence-corrected chi connectivity index (χ0v) is 8.53. The minimum absolute atomic E-state index is 0.245. The molecule has 12 heavy (non-hydrogen) atoms. The van der Waals surface area contributed by atoms with Crippen LogP contribution in [0.15, 0.2) is 24.3 Å². The molecule has 2 nitrogen and oxygen atoms in total. The van der Waals surface area contributed by atoms with Gasteiger partial charge in [0, 0.05) is 0 Å². The topological polar surface area (TPSA) is 43.1 Å². The van der Waals surface area contributed by atoms with E-state index in [1.165, 1.54) is 5.56 Å². The van der Waals surface area contributed by atoms with Crippen LogP contribution in [0.1, 0.15) is 12.0 Å². The van der Waals surface area contributed by atoms with E-state index in [4.69, 9.17) is 5.73 Å². The Balaban J connectivity index is 2.63. The summed E-state index contributed by atoms with van der Waals surface area (Å²) in [6.07, 6.45) is 1.16. The Kier molecular flexibility index (Phi) is 3.36. The number of rotatable bonds is 3. The van der Waals surface area contributed by atoms with E-state index < -0.39 is 0 Å². The Morgan fingerprint density at radius 2 is 2.08 bits per heavy atom. The first-order chi connectivity index (χ1) is 5.70. The standard InChI is InChI=1S/C9H10AsNO/c10-8-4-2-1-3-7(8)5-6-9(11)12/h1-4H,5-6H2,(H2,11,12). The molecule has 0 aliphatic heterocycles. The van der Waals surface area contributed by atoms with Crippen LogP contribution < -0.4 is 10.1 Å². The Labute approximate surface area is 80.6 Å². The van der Waals surface area contributed by atoms with E-state index in [0.717, 1.165) is 10.8 Å². The summed E-state index contributed by atoms with van der Waals surface area (Å²) in [6.45, 7) is 0. The van der Waals surface area contributed by atoms with Crippen molar-refractivity contribution in [1.29, 1.82) is 0 Å². The van der Waals surface area contributed by atoms with Gasteiger partial charge in [0.2, 0.25) is 0 Å². The Morgan fingerprint density at radius 3 is 2.67 bits per heavy atom. The summed E-state index contributed by atoms with van der Waals surface area (Å²) in [5.74, 6) is -0.245. The fourth-order valence-corrected chi connectivity index (χ4v) is 1.55. The summed E-state index contributed by atoms with van der Waals surface area (Å²) < 4.78 is 1.16. The maximum absolute atomic E-state index is 10.5. The average molecular weight is 223 g/mol. The van der Waals surface area contributed by atoms with Crippen LogP contribution in [-0.2, 0) is 11.2 Å². The van der Waals surface area contributed by atoms with Gasteiger partial charge in [0.1, 0.15) is 0 Å². The average Bonchev–Trinajstić information content (AvgIpc) is 2.03. The molecule has 0 fully saturated rings. The molecule has 0 heterocycles.